The van der Waals surface area contributed by atoms with Gasteiger partial charge in [0.1, 0.15) is 11.9 Å². The van der Waals surface area contributed by atoms with Crippen molar-refractivity contribution in [2.45, 2.75) is 26.0 Å². The first kappa shape index (κ1) is 16.1. The molecule has 0 aliphatic rings. The van der Waals surface area contributed by atoms with Gasteiger partial charge in [0, 0.05) is 6.42 Å². The van der Waals surface area contributed by atoms with Crippen molar-refractivity contribution >= 4 is 0 Å². The first-order chi connectivity index (χ1) is 11.7. The van der Waals surface area contributed by atoms with E-state index >= 15 is 0 Å². The Kier molecular flexibility index (Phi) is 4.86. The van der Waals surface area contributed by atoms with E-state index in [1.54, 1.807) is 13.2 Å². The Morgan fingerprint density at radius 1 is 1.17 bits per heavy atom. The van der Waals surface area contributed by atoms with Crippen LogP contribution in [0.3, 0.4) is 0 Å². The molecule has 0 radical (unpaired) electrons. The molecule has 0 fully saturated rings. The highest BCUT2D eigenvalue weighted by Crippen LogP contribution is 2.20. The van der Waals surface area contributed by atoms with Gasteiger partial charge in [-0.15, -0.1) is 10.2 Å². The van der Waals surface area contributed by atoms with Crippen LogP contribution in [0.4, 0.5) is 0 Å². The van der Waals surface area contributed by atoms with Gasteiger partial charge in [-0.25, -0.2) is 0 Å². The van der Waals surface area contributed by atoms with E-state index in [-0.39, 0.29) is 6.54 Å². The molecule has 3 rings (SSSR count). The second-order valence-corrected chi connectivity index (χ2v) is 5.66. The zero-order chi connectivity index (χ0) is 16.9. The Morgan fingerprint density at radius 2 is 2.00 bits per heavy atom. The van der Waals surface area contributed by atoms with Gasteiger partial charge >= 0.3 is 0 Å². The van der Waals surface area contributed by atoms with Crippen LogP contribution in [0.2, 0.25) is 0 Å². The minimum Gasteiger partial charge on any atom is -0.497 e. The number of aliphatic hydroxyl groups is 1. The Bertz CT molecular complexity index is 816. The molecule has 0 bridgehead atoms. The van der Waals surface area contributed by atoms with Crippen LogP contribution in [0, 0.1) is 6.92 Å². The van der Waals surface area contributed by atoms with Gasteiger partial charge < -0.3 is 9.84 Å². The molecule has 1 unspecified atom stereocenters. The predicted molar refractivity (Wildman–Crippen MR) is 89.8 cm³/mol. The molecule has 1 N–H and O–H groups in total. The summed E-state index contributed by atoms with van der Waals surface area (Å²) in [6.45, 7) is 2.31. The van der Waals surface area contributed by atoms with Gasteiger partial charge in [-0.2, -0.15) is 4.80 Å². The molecule has 1 heterocycles. The van der Waals surface area contributed by atoms with Crippen molar-refractivity contribution in [3.63, 3.8) is 0 Å². The van der Waals surface area contributed by atoms with Crippen molar-refractivity contribution in [1.82, 2.24) is 20.2 Å². The molecule has 0 aliphatic carbocycles. The van der Waals surface area contributed by atoms with Crippen molar-refractivity contribution in [1.29, 1.82) is 0 Å². The van der Waals surface area contributed by atoms with Gasteiger partial charge in [0.05, 0.1) is 13.7 Å². The van der Waals surface area contributed by atoms with Crippen molar-refractivity contribution in [2.75, 3.05) is 7.11 Å². The Hall–Kier alpha value is -2.73. The molecule has 1 atom stereocenters. The van der Waals surface area contributed by atoms with Crippen molar-refractivity contribution < 1.29 is 9.84 Å². The number of nitrogens with zero attached hydrogens (tertiary/aromatic N) is 4. The maximum atomic E-state index is 10.4. The third-order valence-electron chi connectivity index (χ3n) is 3.92. The van der Waals surface area contributed by atoms with Crippen LogP contribution in [-0.4, -0.2) is 32.4 Å². The van der Waals surface area contributed by atoms with Crippen molar-refractivity contribution in [2.24, 2.45) is 0 Å². The highest BCUT2D eigenvalue weighted by Gasteiger charge is 2.12. The molecule has 6 heteroatoms. The zero-order valence-corrected chi connectivity index (χ0v) is 13.8. The standard InChI is InChI=1S/C18H20N4O2/c1-13-6-3-4-7-14(13)11-18-19-21-22(20-18)12-17(23)15-8-5-9-16(10-15)24-2/h3-10,17,23H,11-12H2,1-2H3. The van der Waals surface area contributed by atoms with Crippen LogP contribution < -0.4 is 4.74 Å². The lowest BCUT2D eigenvalue weighted by Crippen LogP contribution is -2.12. The van der Waals surface area contributed by atoms with Gasteiger partial charge in [0.15, 0.2) is 5.82 Å². The van der Waals surface area contributed by atoms with Crippen molar-refractivity contribution in [3.8, 4) is 5.75 Å². The average Bonchev–Trinajstić information content (AvgIpc) is 3.04. The number of aliphatic hydroxyl groups excluding tert-OH is 1. The lowest BCUT2D eigenvalue weighted by Gasteiger charge is -2.10. The molecule has 0 aliphatic heterocycles. The van der Waals surface area contributed by atoms with E-state index in [9.17, 15) is 5.11 Å². The summed E-state index contributed by atoms with van der Waals surface area (Å²) in [5.41, 5.74) is 3.13. The van der Waals surface area contributed by atoms with Crippen LogP contribution in [0.1, 0.15) is 28.6 Å². The number of aromatic nitrogens is 4. The average molecular weight is 324 g/mol. The van der Waals surface area contributed by atoms with Crippen molar-refractivity contribution in [3.05, 3.63) is 71.0 Å². The molecule has 0 saturated heterocycles. The molecule has 24 heavy (non-hydrogen) atoms. The largest absolute Gasteiger partial charge is 0.497 e. The minimum atomic E-state index is -0.722. The van der Waals surface area contributed by atoms with E-state index in [4.69, 9.17) is 4.74 Å². The smallest absolute Gasteiger partial charge is 0.179 e. The van der Waals surface area contributed by atoms with E-state index in [2.05, 4.69) is 34.5 Å². The summed E-state index contributed by atoms with van der Waals surface area (Å²) >= 11 is 0. The normalized spacial score (nSPS) is 12.1. The van der Waals surface area contributed by atoms with Crippen LogP contribution in [0.25, 0.3) is 0 Å². The van der Waals surface area contributed by atoms with Crippen LogP contribution >= 0.6 is 0 Å². The molecular formula is C18H20N4O2. The quantitative estimate of drug-likeness (QED) is 0.753. The second-order valence-electron chi connectivity index (χ2n) is 5.66. The summed E-state index contributed by atoms with van der Waals surface area (Å²) in [6.07, 6.45) is -0.0947. The van der Waals surface area contributed by atoms with E-state index < -0.39 is 6.10 Å². The summed E-state index contributed by atoms with van der Waals surface area (Å²) in [6, 6.07) is 15.5. The summed E-state index contributed by atoms with van der Waals surface area (Å²) in [4.78, 5) is 1.43. The molecule has 3 aromatic rings. The van der Waals surface area contributed by atoms with Crippen LogP contribution in [0.5, 0.6) is 5.75 Å². The lowest BCUT2D eigenvalue weighted by molar-refractivity contribution is 0.144. The third kappa shape index (κ3) is 3.78. The topological polar surface area (TPSA) is 73.1 Å². The van der Waals surface area contributed by atoms with Gasteiger partial charge in [-0.1, -0.05) is 36.4 Å². The molecule has 124 valence electrons. The fourth-order valence-corrected chi connectivity index (χ4v) is 2.51. The maximum absolute atomic E-state index is 10.4. The number of benzene rings is 2. The van der Waals surface area contributed by atoms with E-state index in [0.717, 1.165) is 5.56 Å². The fourth-order valence-electron chi connectivity index (χ4n) is 2.51. The summed E-state index contributed by atoms with van der Waals surface area (Å²) in [7, 11) is 1.60. The van der Waals surface area contributed by atoms with Gasteiger partial charge in [-0.05, 0) is 41.0 Å². The third-order valence-corrected chi connectivity index (χ3v) is 3.92. The van der Waals surface area contributed by atoms with Gasteiger partial charge in [0.2, 0.25) is 0 Å². The molecule has 0 amide bonds. The number of methoxy groups -OCH3 is 1. The Balaban J connectivity index is 1.68. The van der Waals surface area contributed by atoms with Gasteiger partial charge in [0.25, 0.3) is 0 Å². The highest BCUT2D eigenvalue weighted by atomic mass is 16.5. The van der Waals surface area contributed by atoms with Crippen LogP contribution in [0.15, 0.2) is 48.5 Å². The highest BCUT2D eigenvalue weighted by molar-refractivity contribution is 5.30. The number of hydrogen-bond donors (Lipinski definition) is 1. The Labute approximate surface area is 140 Å². The number of aryl methyl sites for hydroxylation is 1. The number of rotatable bonds is 6. The fraction of sp³-hybridized carbons (Fsp3) is 0.278. The zero-order valence-electron chi connectivity index (χ0n) is 13.8. The first-order valence-corrected chi connectivity index (χ1v) is 7.79. The molecule has 2 aromatic carbocycles. The van der Waals surface area contributed by atoms with E-state index in [1.165, 1.54) is 15.9 Å². The second kappa shape index (κ2) is 7.23. The first-order valence-electron chi connectivity index (χ1n) is 7.79. The van der Waals surface area contributed by atoms with E-state index in [1.807, 2.05) is 30.3 Å². The SMILES string of the molecule is COc1cccc(C(O)Cn2nnc(Cc3ccccc3C)n2)c1. The Morgan fingerprint density at radius 3 is 2.79 bits per heavy atom. The lowest BCUT2D eigenvalue weighted by atomic mass is 10.1. The molecule has 6 nitrogen and oxygen atoms in total. The van der Waals surface area contributed by atoms with E-state index in [0.29, 0.717) is 18.0 Å². The summed E-state index contributed by atoms with van der Waals surface area (Å²) in [5.74, 6) is 1.35. The summed E-state index contributed by atoms with van der Waals surface area (Å²) in [5, 5.41) is 22.8. The molecule has 0 saturated carbocycles. The molecule has 1 aromatic heterocycles. The predicted octanol–water partition coefficient (Wildman–Crippen LogP) is 2.31. The minimum absolute atomic E-state index is 0.244. The number of ether oxygens (including phenoxy) is 1. The molecular weight excluding hydrogens is 304 g/mol. The number of tetrazole rings is 1. The maximum Gasteiger partial charge on any atom is 0.179 e. The monoisotopic (exact) mass is 324 g/mol. The number of hydrogen-bond acceptors (Lipinski definition) is 5. The van der Waals surface area contributed by atoms with Gasteiger partial charge in [-0.3, -0.25) is 0 Å². The summed E-state index contributed by atoms with van der Waals surface area (Å²) < 4.78 is 5.18. The van der Waals surface area contributed by atoms with Crippen LogP contribution in [-0.2, 0) is 13.0 Å². The molecule has 0 spiro atoms.